The molecule has 2 aromatic carbocycles. The smallest absolute Gasteiger partial charge is 0.245 e. The number of nitrogens with zero attached hydrogens (tertiary/aromatic N) is 4. The number of nitrogen functional groups attached to an aromatic ring is 1. The number of aryl methyl sites for hydroxylation is 2. The molecule has 50 heavy (non-hydrogen) atoms. The molecule has 14 heteroatoms. The van der Waals surface area contributed by atoms with Gasteiger partial charge in [-0.15, -0.1) is 0 Å². The van der Waals surface area contributed by atoms with Crippen LogP contribution in [0, 0.1) is 6.92 Å². The molecule has 13 nitrogen and oxygen atoms in total. The monoisotopic (exact) mass is 701 g/mol. The molecular weight excluding hydrogens is 659 g/mol. The molecule has 0 fully saturated rings. The van der Waals surface area contributed by atoms with E-state index in [1.54, 1.807) is 25.1 Å². The molecule has 5 aromatic rings. The van der Waals surface area contributed by atoms with Crippen molar-refractivity contribution in [2.24, 2.45) is 0 Å². The van der Waals surface area contributed by atoms with Crippen molar-refractivity contribution in [1.82, 2.24) is 30.4 Å². The highest BCUT2D eigenvalue weighted by Crippen LogP contribution is 2.21. The highest BCUT2D eigenvalue weighted by molar-refractivity contribution is 7.90. The van der Waals surface area contributed by atoms with Gasteiger partial charge in [0.25, 0.3) is 0 Å². The summed E-state index contributed by atoms with van der Waals surface area (Å²) in [4.78, 5) is 40.2. The van der Waals surface area contributed by atoms with Gasteiger partial charge < -0.3 is 25.3 Å². The van der Waals surface area contributed by atoms with E-state index in [0.717, 1.165) is 56.1 Å². The Morgan fingerprint density at radius 1 is 0.900 bits per heavy atom. The van der Waals surface area contributed by atoms with E-state index in [2.05, 4.69) is 42.5 Å². The van der Waals surface area contributed by atoms with Crippen LogP contribution in [0.4, 0.5) is 5.95 Å². The number of sulfone groups is 1. The van der Waals surface area contributed by atoms with Crippen LogP contribution in [-0.2, 0) is 44.6 Å². The van der Waals surface area contributed by atoms with Gasteiger partial charge in [0, 0.05) is 31.9 Å². The van der Waals surface area contributed by atoms with Crippen LogP contribution in [0.5, 0.6) is 5.88 Å². The van der Waals surface area contributed by atoms with Gasteiger partial charge in [-0.05, 0) is 67.9 Å². The number of Topliss-reactive ketones (excluding diaryl/α,β-unsaturated/α-hetero) is 1. The highest BCUT2D eigenvalue weighted by Gasteiger charge is 2.18. The Morgan fingerprint density at radius 2 is 1.62 bits per heavy atom. The Bertz CT molecular complexity index is 1970. The first-order valence-corrected chi connectivity index (χ1v) is 18.5. The van der Waals surface area contributed by atoms with E-state index in [-0.39, 0.29) is 34.7 Å². The van der Waals surface area contributed by atoms with Crippen LogP contribution in [0.15, 0.2) is 70.3 Å². The Labute approximate surface area is 291 Å². The maximum atomic E-state index is 12.6. The van der Waals surface area contributed by atoms with Gasteiger partial charge in [-0.2, -0.15) is 9.97 Å². The Morgan fingerprint density at radius 3 is 2.38 bits per heavy atom. The Balaban J connectivity index is 0.874. The SMILES string of the molecule is Cc1cc(CS(=O)(=O)c2ccc(CC(=O)CCCCCNC(=O)CCCCCc3ccc(COc4nc(N)nc5nc[nH]c45)cc3)cc2)no1. The average Bonchev–Trinajstić information content (AvgIpc) is 3.73. The summed E-state index contributed by atoms with van der Waals surface area (Å²) in [5.41, 5.74) is 10.2. The lowest BCUT2D eigenvalue weighted by Crippen LogP contribution is -2.24. The predicted octanol–water partition coefficient (Wildman–Crippen LogP) is 5.38. The number of rotatable bonds is 20. The fourth-order valence-corrected chi connectivity index (χ4v) is 6.75. The van der Waals surface area contributed by atoms with Crippen LogP contribution in [0.2, 0.25) is 0 Å². The van der Waals surface area contributed by atoms with Crippen molar-refractivity contribution in [1.29, 1.82) is 0 Å². The molecule has 0 radical (unpaired) electrons. The van der Waals surface area contributed by atoms with Gasteiger partial charge in [-0.25, -0.2) is 13.4 Å². The van der Waals surface area contributed by atoms with E-state index in [4.69, 9.17) is 15.0 Å². The Kier molecular flexibility index (Phi) is 12.7. The van der Waals surface area contributed by atoms with Gasteiger partial charge in [0.05, 0.1) is 16.9 Å². The summed E-state index contributed by atoms with van der Waals surface area (Å²) >= 11 is 0. The van der Waals surface area contributed by atoms with Gasteiger partial charge in [0.2, 0.25) is 17.7 Å². The van der Waals surface area contributed by atoms with Gasteiger partial charge in [0.15, 0.2) is 15.5 Å². The number of hydrogen-bond acceptors (Lipinski definition) is 11. The molecule has 5 rings (SSSR count). The average molecular weight is 702 g/mol. The largest absolute Gasteiger partial charge is 0.471 e. The first-order valence-electron chi connectivity index (χ1n) is 16.8. The van der Waals surface area contributed by atoms with Crippen LogP contribution in [0.3, 0.4) is 0 Å². The second-order valence-electron chi connectivity index (χ2n) is 12.4. The summed E-state index contributed by atoms with van der Waals surface area (Å²) in [5.74, 6) is 0.966. The molecule has 0 aliphatic heterocycles. The molecule has 264 valence electrons. The molecule has 4 N–H and O–H groups in total. The van der Waals surface area contributed by atoms with Crippen molar-refractivity contribution in [3.05, 3.63) is 89.1 Å². The van der Waals surface area contributed by atoms with E-state index in [0.29, 0.717) is 54.5 Å². The van der Waals surface area contributed by atoms with Crippen molar-refractivity contribution >= 4 is 38.6 Å². The van der Waals surface area contributed by atoms with Crippen LogP contribution in [0.25, 0.3) is 11.2 Å². The quantitative estimate of drug-likeness (QED) is 0.0882. The standard InChI is InChI=1S/C36H43N7O6S/c1-25-20-29(43-49-25)23-50(46,47)31-17-15-27(16-18-31)21-30(44)9-5-3-7-19-38-32(45)10-6-2-4-8-26-11-13-28(14-12-26)22-48-35-33-34(40-24-39-33)41-36(37)42-35/h11-18,20,24H,2-10,19,21-23H2,1H3,(H,38,45)(H3,37,39,40,41,42). The molecule has 0 saturated carbocycles. The zero-order valence-electron chi connectivity index (χ0n) is 28.2. The number of anilines is 1. The number of aromatic amines is 1. The van der Waals surface area contributed by atoms with Crippen LogP contribution in [0.1, 0.15) is 79.5 Å². The van der Waals surface area contributed by atoms with Gasteiger partial charge in [-0.3, -0.25) is 9.59 Å². The third kappa shape index (κ3) is 11.0. The number of H-pyrrole nitrogens is 1. The molecule has 3 heterocycles. The Hall–Kier alpha value is -5.11. The zero-order valence-corrected chi connectivity index (χ0v) is 29.0. The summed E-state index contributed by atoms with van der Waals surface area (Å²) in [6.07, 6.45) is 8.90. The van der Waals surface area contributed by atoms with Gasteiger partial charge in [-0.1, -0.05) is 54.4 Å². The topological polar surface area (TPSA) is 196 Å². The fourth-order valence-electron chi connectivity index (χ4n) is 5.51. The van der Waals surface area contributed by atoms with Crippen LogP contribution in [-0.4, -0.2) is 51.7 Å². The third-order valence-electron chi connectivity index (χ3n) is 8.19. The fraction of sp³-hybridized carbons (Fsp3) is 0.389. The molecule has 3 aromatic heterocycles. The highest BCUT2D eigenvalue weighted by atomic mass is 32.2. The van der Waals surface area contributed by atoms with E-state index in [1.807, 2.05) is 12.1 Å². The number of imidazole rings is 1. The molecule has 0 saturated heterocycles. The zero-order chi connectivity index (χ0) is 35.3. The molecule has 0 aliphatic carbocycles. The van der Waals surface area contributed by atoms with E-state index in [9.17, 15) is 18.0 Å². The second-order valence-corrected chi connectivity index (χ2v) is 14.4. The minimum atomic E-state index is -3.55. The van der Waals surface area contributed by atoms with Gasteiger partial charge >= 0.3 is 0 Å². The first kappa shape index (κ1) is 36.2. The van der Waals surface area contributed by atoms with E-state index < -0.39 is 9.84 Å². The first-order chi connectivity index (χ1) is 24.1. The number of carbonyl (C=O) groups is 2. The van der Waals surface area contributed by atoms with Crippen LogP contribution >= 0.6 is 0 Å². The summed E-state index contributed by atoms with van der Waals surface area (Å²) in [7, 11) is -3.55. The normalized spacial score (nSPS) is 11.5. The molecule has 0 spiro atoms. The minimum absolute atomic E-state index is 0.0601. The van der Waals surface area contributed by atoms with Crippen molar-refractivity contribution in [2.45, 2.75) is 88.4 Å². The summed E-state index contributed by atoms with van der Waals surface area (Å²) < 4.78 is 36.1. The summed E-state index contributed by atoms with van der Waals surface area (Å²) in [5, 5.41) is 6.73. The number of nitrogens with two attached hydrogens (primary N) is 1. The predicted molar refractivity (Wildman–Crippen MR) is 188 cm³/mol. The number of fused-ring (bicyclic) bond motifs is 1. The number of ether oxygens (including phenoxy) is 1. The number of amides is 1. The lowest BCUT2D eigenvalue weighted by atomic mass is 10.0. The molecule has 0 unspecified atom stereocenters. The number of nitrogens with one attached hydrogen (secondary N) is 2. The maximum Gasteiger partial charge on any atom is 0.245 e. The van der Waals surface area contributed by atoms with Crippen LogP contribution < -0.4 is 15.8 Å². The summed E-state index contributed by atoms with van der Waals surface area (Å²) in [6, 6.07) is 16.3. The molecule has 0 aliphatic rings. The number of hydrogen-bond donors (Lipinski definition) is 3. The van der Waals surface area contributed by atoms with Crippen molar-refractivity contribution in [3.8, 4) is 5.88 Å². The lowest BCUT2D eigenvalue weighted by Gasteiger charge is -2.08. The molecule has 1 amide bonds. The lowest BCUT2D eigenvalue weighted by molar-refractivity contribution is -0.121. The number of aromatic nitrogens is 5. The van der Waals surface area contributed by atoms with Crippen molar-refractivity contribution in [3.63, 3.8) is 0 Å². The molecular formula is C36H43N7O6S. The minimum Gasteiger partial charge on any atom is -0.471 e. The number of unbranched alkanes of at least 4 members (excludes halogenated alkanes) is 4. The van der Waals surface area contributed by atoms with E-state index >= 15 is 0 Å². The third-order valence-corrected chi connectivity index (χ3v) is 9.86. The maximum absolute atomic E-state index is 12.6. The van der Waals surface area contributed by atoms with Crippen molar-refractivity contribution < 1.29 is 27.3 Å². The van der Waals surface area contributed by atoms with Crippen molar-refractivity contribution in [2.75, 3.05) is 12.3 Å². The number of benzene rings is 2. The molecule has 0 bridgehead atoms. The van der Waals surface area contributed by atoms with E-state index in [1.165, 1.54) is 24.0 Å². The second kappa shape index (κ2) is 17.5. The number of carbonyl (C=O) groups excluding carboxylic acids is 2. The summed E-state index contributed by atoms with van der Waals surface area (Å²) in [6.45, 7) is 2.65. The number of ketones is 1. The molecule has 0 atom stereocenters. The van der Waals surface area contributed by atoms with Gasteiger partial charge in [0.1, 0.15) is 29.4 Å².